The smallest absolute Gasteiger partial charge is 0.154 e. The summed E-state index contributed by atoms with van der Waals surface area (Å²) in [6.45, 7) is 1.08. The van der Waals surface area contributed by atoms with Gasteiger partial charge in [0.25, 0.3) is 0 Å². The summed E-state index contributed by atoms with van der Waals surface area (Å²) in [6, 6.07) is -0.333. The summed E-state index contributed by atoms with van der Waals surface area (Å²) < 4.78 is 26.9. The van der Waals surface area contributed by atoms with Crippen LogP contribution in [0.25, 0.3) is 0 Å². The van der Waals surface area contributed by atoms with Crippen LogP contribution in [0.3, 0.4) is 0 Å². The zero-order valence-electron chi connectivity index (χ0n) is 7.56. The SMILES string of the molecule is COCCN[C@@H]1CS(=O)(=O)C[C@H]1O. The molecule has 0 aromatic rings. The molecule has 0 aromatic heterocycles. The number of sulfone groups is 1. The van der Waals surface area contributed by atoms with Gasteiger partial charge in [0.1, 0.15) is 0 Å². The largest absolute Gasteiger partial charge is 0.390 e. The summed E-state index contributed by atoms with van der Waals surface area (Å²) >= 11 is 0. The minimum atomic E-state index is -3.04. The van der Waals surface area contributed by atoms with Crippen molar-refractivity contribution in [3.63, 3.8) is 0 Å². The lowest BCUT2D eigenvalue weighted by molar-refractivity contribution is 0.151. The summed E-state index contributed by atoms with van der Waals surface area (Å²) in [6.07, 6.45) is -0.776. The number of rotatable bonds is 4. The van der Waals surface area contributed by atoms with E-state index in [0.717, 1.165) is 0 Å². The van der Waals surface area contributed by atoms with E-state index in [9.17, 15) is 13.5 Å². The van der Waals surface area contributed by atoms with Gasteiger partial charge in [0, 0.05) is 19.7 Å². The molecule has 0 aromatic carbocycles. The van der Waals surface area contributed by atoms with Crippen LogP contribution in [0, 0.1) is 0 Å². The van der Waals surface area contributed by atoms with Crippen molar-refractivity contribution in [2.45, 2.75) is 12.1 Å². The Morgan fingerprint density at radius 3 is 2.69 bits per heavy atom. The van der Waals surface area contributed by atoms with E-state index in [1.807, 2.05) is 0 Å². The van der Waals surface area contributed by atoms with Gasteiger partial charge in [-0.1, -0.05) is 0 Å². The second-order valence-corrected chi connectivity index (χ2v) is 5.35. The van der Waals surface area contributed by atoms with Gasteiger partial charge in [0.15, 0.2) is 9.84 Å². The molecule has 2 N–H and O–H groups in total. The molecule has 2 atom stereocenters. The van der Waals surface area contributed by atoms with Gasteiger partial charge in [-0.25, -0.2) is 8.42 Å². The van der Waals surface area contributed by atoms with E-state index in [1.54, 1.807) is 7.11 Å². The van der Waals surface area contributed by atoms with E-state index in [-0.39, 0.29) is 17.5 Å². The van der Waals surface area contributed by atoms with Crippen LogP contribution in [0.15, 0.2) is 0 Å². The maximum Gasteiger partial charge on any atom is 0.154 e. The molecule has 1 saturated heterocycles. The van der Waals surface area contributed by atoms with E-state index in [0.29, 0.717) is 13.2 Å². The van der Waals surface area contributed by atoms with Crippen molar-refractivity contribution in [3.05, 3.63) is 0 Å². The molecule has 0 spiro atoms. The van der Waals surface area contributed by atoms with E-state index in [4.69, 9.17) is 4.74 Å². The van der Waals surface area contributed by atoms with Crippen LogP contribution >= 0.6 is 0 Å². The average molecular weight is 209 g/mol. The molecular formula is C7H15NO4S. The summed E-state index contributed by atoms with van der Waals surface area (Å²) in [5.74, 6) is -0.102. The molecule has 1 rings (SSSR count). The Balaban J connectivity index is 2.36. The molecule has 0 bridgehead atoms. The lowest BCUT2D eigenvalue weighted by Crippen LogP contribution is -2.40. The van der Waals surface area contributed by atoms with E-state index < -0.39 is 15.9 Å². The van der Waals surface area contributed by atoms with Crippen molar-refractivity contribution in [2.75, 3.05) is 31.8 Å². The summed E-state index contributed by atoms with van der Waals surface area (Å²) in [5, 5.41) is 12.3. The zero-order chi connectivity index (χ0) is 9.90. The van der Waals surface area contributed by atoms with Gasteiger partial charge in [0.2, 0.25) is 0 Å². The summed E-state index contributed by atoms with van der Waals surface area (Å²) in [4.78, 5) is 0. The lowest BCUT2D eigenvalue weighted by Gasteiger charge is -2.13. The Hall–Kier alpha value is -0.170. The highest BCUT2D eigenvalue weighted by Gasteiger charge is 2.35. The first-order valence-corrected chi connectivity index (χ1v) is 5.98. The van der Waals surface area contributed by atoms with Crippen molar-refractivity contribution in [3.8, 4) is 0 Å². The zero-order valence-corrected chi connectivity index (χ0v) is 8.38. The quantitative estimate of drug-likeness (QED) is 0.544. The fourth-order valence-corrected chi connectivity index (χ4v) is 3.15. The van der Waals surface area contributed by atoms with Crippen LogP contribution in [0.5, 0.6) is 0 Å². The van der Waals surface area contributed by atoms with Gasteiger partial charge in [-0.15, -0.1) is 0 Å². The highest BCUT2D eigenvalue weighted by molar-refractivity contribution is 7.91. The van der Waals surface area contributed by atoms with Crippen LogP contribution in [0.2, 0.25) is 0 Å². The number of nitrogens with one attached hydrogen (secondary N) is 1. The number of hydrogen-bond acceptors (Lipinski definition) is 5. The highest BCUT2D eigenvalue weighted by atomic mass is 32.2. The molecule has 1 heterocycles. The number of methoxy groups -OCH3 is 1. The van der Waals surface area contributed by atoms with Crippen LogP contribution < -0.4 is 5.32 Å². The van der Waals surface area contributed by atoms with E-state index in [2.05, 4.69) is 5.32 Å². The van der Waals surface area contributed by atoms with Crippen LogP contribution in [0.4, 0.5) is 0 Å². The average Bonchev–Trinajstić information content (AvgIpc) is 2.25. The predicted octanol–water partition coefficient (Wildman–Crippen LogP) is -1.62. The number of hydrogen-bond donors (Lipinski definition) is 2. The van der Waals surface area contributed by atoms with Crippen molar-refractivity contribution in [1.29, 1.82) is 0 Å². The van der Waals surface area contributed by atoms with Crippen LogP contribution in [0.1, 0.15) is 0 Å². The van der Waals surface area contributed by atoms with E-state index >= 15 is 0 Å². The second kappa shape index (κ2) is 4.36. The molecular weight excluding hydrogens is 194 g/mol. The van der Waals surface area contributed by atoms with Gasteiger partial charge < -0.3 is 15.2 Å². The maximum atomic E-state index is 11.1. The first-order chi connectivity index (χ1) is 6.05. The van der Waals surface area contributed by atoms with Crippen LogP contribution in [-0.2, 0) is 14.6 Å². The first kappa shape index (κ1) is 10.9. The third kappa shape index (κ3) is 3.22. The molecule has 1 aliphatic rings. The Morgan fingerprint density at radius 2 is 2.23 bits per heavy atom. The Labute approximate surface area is 78.0 Å². The molecule has 0 radical (unpaired) electrons. The fourth-order valence-electron chi connectivity index (χ4n) is 1.37. The topological polar surface area (TPSA) is 75.6 Å². The van der Waals surface area contributed by atoms with Gasteiger partial charge >= 0.3 is 0 Å². The number of aliphatic hydroxyl groups excluding tert-OH is 1. The maximum absolute atomic E-state index is 11.1. The fraction of sp³-hybridized carbons (Fsp3) is 1.00. The first-order valence-electron chi connectivity index (χ1n) is 4.16. The molecule has 0 unspecified atom stereocenters. The standard InChI is InChI=1S/C7H15NO4S/c1-12-3-2-8-6-4-13(10,11)5-7(6)9/h6-9H,2-5H2,1H3/t6-,7-/m1/s1. The summed E-state index contributed by atoms with van der Waals surface area (Å²) in [5.41, 5.74) is 0. The normalized spacial score (nSPS) is 32.2. The molecule has 0 amide bonds. The van der Waals surface area contributed by atoms with Gasteiger partial charge in [0.05, 0.1) is 24.2 Å². The molecule has 1 aliphatic heterocycles. The summed E-state index contributed by atoms with van der Waals surface area (Å²) in [7, 11) is -1.46. The number of ether oxygens (including phenoxy) is 1. The monoisotopic (exact) mass is 209 g/mol. The Morgan fingerprint density at radius 1 is 1.54 bits per heavy atom. The van der Waals surface area contributed by atoms with Crippen molar-refractivity contribution < 1.29 is 18.3 Å². The van der Waals surface area contributed by atoms with Crippen molar-refractivity contribution in [2.24, 2.45) is 0 Å². The predicted molar refractivity (Wildman–Crippen MR) is 48.3 cm³/mol. The molecule has 6 heteroatoms. The minimum absolute atomic E-state index is 0.0257. The second-order valence-electron chi connectivity index (χ2n) is 3.20. The van der Waals surface area contributed by atoms with E-state index in [1.165, 1.54) is 0 Å². The van der Waals surface area contributed by atoms with Crippen molar-refractivity contribution >= 4 is 9.84 Å². The van der Waals surface area contributed by atoms with Crippen molar-refractivity contribution in [1.82, 2.24) is 5.32 Å². The molecule has 0 saturated carbocycles. The molecule has 5 nitrogen and oxygen atoms in total. The third-order valence-electron chi connectivity index (χ3n) is 2.04. The van der Waals surface area contributed by atoms with Gasteiger partial charge in [-0.2, -0.15) is 0 Å². The highest BCUT2D eigenvalue weighted by Crippen LogP contribution is 2.11. The molecule has 0 aliphatic carbocycles. The van der Waals surface area contributed by atoms with Crippen LogP contribution in [-0.4, -0.2) is 57.4 Å². The Bertz CT molecular complexity index is 251. The molecule has 78 valence electrons. The third-order valence-corrected chi connectivity index (χ3v) is 3.75. The minimum Gasteiger partial charge on any atom is -0.390 e. The molecule has 13 heavy (non-hydrogen) atoms. The molecule has 1 fully saturated rings. The van der Waals surface area contributed by atoms with Gasteiger partial charge in [-0.05, 0) is 0 Å². The van der Waals surface area contributed by atoms with Gasteiger partial charge in [-0.3, -0.25) is 0 Å². The Kier molecular flexibility index (Phi) is 3.66. The number of aliphatic hydroxyl groups is 1. The lowest BCUT2D eigenvalue weighted by atomic mass is 10.2.